The van der Waals surface area contributed by atoms with E-state index in [2.05, 4.69) is 25.7 Å². The van der Waals surface area contributed by atoms with Gasteiger partial charge in [0.05, 0.1) is 7.11 Å². The molecule has 118 valence electrons. The molecule has 0 aliphatic rings. The lowest BCUT2D eigenvalue weighted by molar-refractivity contribution is -0.117. The summed E-state index contributed by atoms with van der Waals surface area (Å²) in [7, 11) is 1.62. The first-order valence-corrected chi connectivity index (χ1v) is 7.42. The largest absolute Gasteiger partial charge is 0.497 e. The van der Waals surface area contributed by atoms with E-state index in [-0.39, 0.29) is 5.91 Å². The molecule has 0 saturated heterocycles. The van der Waals surface area contributed by atoms with E-state index in [9.17, 15) is 4.79 Å². The van der Waals surface area contributed by atoms with Crippen LogP contribution in [0.15, 0.2) is 60.2 Å². The van der Waals surface area contributed by atoms with E-state index < -0.39 is 0 Å². The summed E-state index contributed by atoms with van der Waals surface area (Å²) in [4.78, 5) is 12.0. The van der Waals surface area contributed by atoms with Crippen LogP contribution >= 0.6 is 0 Å². The normalized spacial score (nSPS) is 11.8. The molecule has 0 aromatic heterocycles. The van der Waals surface area contributed by atoms with Crippen molar-refractivity contribution in [2.24, 2.45) is 5.92 Å². The zero-order valence-corrected chi connectivity index (χ0v) is 13.8. The highest BCUT2D eigenvalue weighted by Gasteiger charge is 2.05. The summed E-state index contributed by atoms with van der Waals surface area (Å²) in [6.45, 7) is 10.5. The van der Waals surface area contributed by atoms with Crippen molar-refractivity contribution in [3.05, 3.63) is 65.8 Å². The topological polar surface area (TPSA) is 38.3 Å². The van der Waals surface area contributed by atoms with Crippen LogP contribution in [-0.2, 0) is 11.3 Å². The Labute approximate surface area is 133 Å². The van der Waals surface area contributed by atoms with E-state index in [0.717, 1.165) is 11.3 Å². The third kappa shape index (κ3) is 5.60. The van der Waals surface area contributed by atoms with Crippen LogP contribution in [0.25, 0.3) is 0 Å². The fraction of sp³-hybridized carbons (Fsp3) is 0.316. The third-order valence-corrected chi connectivity index (χ3v) is 3.36. The van der Waals surface area contributed by atoms with Crippen LogP contribution in [0.2, 0.25) is 0 Å². The molecular formula is C19H25NO2. The third-order valence-electron chi connectivity index (χ3n) is 3.36. The van der Waals surface area contributed by atoms with Gasteiger partial charge < -0.3 is 10.1 Å². The number of ether oxygens (including phenoxy) is 1. The highest BCUT2D eigenvalue weighted by molar-refractivity contribution is 5.95. The van der Waals surface area contributed by atoms with Gasteiger partial charge in [-0.15, -0.1) is 0 Å². The fourth-order valence-electron chi connectivity index (χ4n) is 1.97. The summed E-state index contributed by atoms with van der Waals surface area (Å²) >= 11 is 0. The molecule has 0 spiro atoms. The quantitative estimate of drug-likeness (QED) is 0.610. The molecule has 0 aliphatic carbocycles. The van der Waals surface area contributed by atoms with Crippen molar-refractivity contribution in [1.82, 2.24) is 5.32 Å². The first-order chi connectivity index (χ1) is 10.5. The molecule has 1 rings (SSSR count). The van der Waals surface area contributed by atoms with Crippen LogP contribution in [0.3, 0.4) is 0 Å². The lowest BCUT2D eigenvalue weighted by Crippen LogP contribution is -2.23. The average molecular weight is 299 g/mol. The van der Waals surface area contributed by atoms with Crippen molar-refractivity contribution < 1.29 is 9.53 Å². The van der Waals surface area contributed by atoms with Crippen LogP contribution in [0, 0.1) is 5.92 Å². The molecule has 0 radical (unpaired) electrons. The Kier molecular flexibility index (Phi) is 7.17. The van der Waals surface area contributed by atoms with Gasteiger partial charge in [0.25, 0.3) is 5.91 Å². The lowest BCUT2D eigenvalue weighted by Gasteiger charge is -2.08. The van der Waals surface area contributed by atoms with Crippen LogP contribution in [0.1, 0.15) is 26.3 Å². The van der Waals surface area contributed by atoms with Crippen molar-refractivity contribution >= 4 is 5.91 Å². The first kappa shape index (κ1) is 17.8. The van der Waals surface area contributed by atoms with Crippen LogP contribution in [-0.4, -0.2) is 13.0 Å². The molecular weight excluding hydrogens is 274 g/mol. The van der Waals surface area contributed by atoms with Crippen molar-refractivity contribution in [3.63, 3.8) is 0 Å². The SMILES string of the molecule is C=C(/C=C\C(=C/C)C(C)C)C(=O)NCc1cccc(OC)c1. The van der Waals surface area contributed by atoms with Crippen LogP contribution < -0.4 is 10.1 Å². The van der Waals surface area contributed by atoms with Gasteiger partial charge in [-0.25, -0.2) is 0 Å². The summed E-state index contributed by atoms with van der Waals surface area (Å²) in [5.41, 5.74) is 2.62. The number of hydrogen-bond donors (Lipinski definition) is 1. The zero-order valence-electron chi connectivity index (χ0n) is 13.8. The summed E-state index contributed by atoms with van der Waals surface area (Å²) in [6.07, 6.45) is 5.75. The van der Waals surface area contributed by atoms with Crippen molar-refractivity contribution in [2.45, 2.75) is 27.3 Å². The number of carbonyl (C=O) groups is 1. The van der Waals surface area contributed by atoms with E-state index in [1.807, 2.05) is 43.3 Å². The molecule has 0 saturated carbocycles. The second-order valence-corrected chi connectivity index (χ2v) is 5.34. The molecule has 0 atom stereocenters. The second kappa shape index (κ2) is 8.88. The highest BCUT2D eigenvalue weighted by Crippen LogP contribution is 2.13. The lowest BCUT2D eigenvalue weighted by atomic mass is 10.0. The Morgan fingerprint density at radius 1 is 1.36 bits per heavy atom. The van der Waals surface area contributed by atoms with Crippen molar-refractivity contribution in [2.75, 3.05) is 7.11 Å². The fourth-order valence-corrected chi connectivity index (χ4v) is 1.97. The summed E-state index contributed by atoms with van der Waals surface area (Å²) in [6, 6.07) is 7.61. The van der Waals surface area contributed by atoms with E-state index >= 15 is 0 Å². The van der Waals surface area contributed by atoms with Crippen LogP contribution in [0.5, 0.6) is 5.75 Å². The number of methoxy groups -OCH3 is 1. The molecule has 3 heteroatoms. The Balaban J connectivity index is 2.57. The summed E-state index contributed by atoms with van der Waals surface area (Å²) in [5.74, 6) is 1.03. The molecule has 3 nitrogen and oxygen atoms in total. The van der Waals surface area contributed by atoms with Crippen LogP contribution in [0.4, 0.5) is 0 Å². The van der Waals surface area contributed by atoms with Gasteiger partial charge in [-0.05, 0) is 42.2 Å². The smallest absolute Gasteiger partial charge is 0.250 e. The van der Waals surface area contributed by atoms with Gasteiger partial charge in [0.2, 0.25) is 0 Å². The zero-order chi connectivity index (χ0) is 16.5. The van der Waals surface area contributed by atoms with Gasteiger partial charge in [0, 0.05) is 12.1 Å². The number of hydrogen-bond acceptors (Lipinski definition) is 2. The Bertz CT molecular complexity index is 583. The number of carbonyl (C=O) groups excluding carboxylic acids is 1. The molecule has 1 aromatic carbocycles. The number of rotatable bonds is 7. The minimum absolute atomic E-state index is 0.168. The average Bonchev–Trinajstić information content (AvgIpc) is 2.52. The van der Waals surface area contributed by atoms with E-state index in [4.69, 9.17) is 4.74 Å². The van der Waals surface area contributed by atoms with Gasteiger partial charge in [-0.1, -0.05) is 44.7 Å². The molecule has 0 heterocycles. The maximum atomic E-state index is 12.0. The number of benzene rings is 1. The maximum absolute atomic E-state index is 12.0. The Morgan fingerprint density at radius 3 is 2.68 bits per heavy atom. The molecule has 0 fully saturated rings. The molecule has 22 heavy (non-hydrogen) atoms. The molecule has 0 aliphatic heterocycles. The second-order valence-electron chi connectivity index (χ2n) is 5.34. The van der Waals surface area contributed by atoms with Gasteiger partial charge in [-0.3, -0.25) is 4.79 Å². The standard InChI is InChI=1S/C19H25NO2/c1-6-17(14(2)3)11-10-15(4)19(21)20-13-16-8-7-9-18(12-16)22-5/h6-12,14H,4,13H2,1-3,5H3,(H,20,21)/b11-10-,17-6+. The van der Waals surface area contributed by atoms with Crippen molar-refractivity contribution in [1.29, 1.82) is 0 Å². The number of allylic oxidation sites excluding steroid dienone is 3. The van der Waals surface area contributed by atoms with E-state index in [0.29, 0.717) is 18.0 Å². The molecule has 0 bridgehead atoms. The monoisotopic (exact) mass is 299 g/mol. The Hall–Kier alpha value is -2.29. The predicted octanol–water partition coefficient (Wildman–Crippen LogP) is 4.03. The molecule has 0 unspecified atom stereocenters. The van der Waals surface area contributed by atoms with E-state index in [1.54, 1.807) is 13.2 Å². The molecule has 1 amide bonds. The van der Waals surface area contributed by atoms with E-state index in [1.165, 1.54) is 5.57 Å². The Morgan fingerprint density at radius 2 is 2.09 bits per heavy atom. The number of amides is 1. The highest BCUT2D eigenvalue weighted by atomic mass is 16.5. The number of nitrogens with one attached hydrogen (secondary N) is 1. The summed E-state index contributed by atoms with van der Waals surface area (Å²) < 4.78 is 5.16. The van der Waals surface area contributed by atoms with Gasteiger partial charge >= 0.3 is 0 Å². The van der Waals surface area contributed by atoms with Gasteiger partial charge in [-0.2, -0.15) is 0 Å². The predicted molar refractivity (Wildman–Crippen MR) is 91.7 cm³/mol. The maximum Gasteiger partial charge on any atom is 0.250 e. The van der Waals surface area contributed by atoms with Gasteiger partial charge in [0.1, 0.15) is 5.75 Å². The molecule has 1 aromatic rings. The summed E-state index contributed by atoms with van der Waals surface area (Å²) in [5, 5.41) is 2.86. The van der Waals surface area contributed by atoms with Gasteiger partial charge in [0.15, 0.2) is 0 Å². The van der Waals surface area contributed by atoms with Crippen molar-refractivity contribution in [3.8, 4) is 5.75 Å². The minimum atomic E-state index is -0.168. The molecule has 1 N–H and O–H groups in total. The first-order valence-electron chi connectivity index (χ1n) is 7.42. The minimum Gasteiger partial charge on any atom is -0.497 e.